The Hall–Kier alpha value is -3.57. The summed E-state index contributed by atoms with van der Waals surface area (Å²) in [4.78, 5) is 12.6. The highest BCUT2D eigenvalue weighted by molar-refractivity contribution is 9.10. The van der Waals surface area contributed by atoms with Crippen LogP contribution in [0.25, 0.3) is 16.9 Å². The van der Waals surface area contributed by atoms with Crippen LogP contribution < -0.4 is 9.04 Å². The van der Waals surface area contributed by atoms with Crippen LogP contribution in [0.2, 0.25) is 0 Å². The molecule has 5 rings (SSSR count). The van der Waals surface area contributed by atoms with E-state index in [-0.39, 0.29) is 0 Å². The molecule has 2 heterocycles. The molecule has 3 aromatic carbocycles. The van der Waals surface area contributed by atoms with Crippen molar-refractivity contribution in [2.45, 2.75) is 33.8 Å². The van der Waals surface area contributed by atoms with Crippen molar-refractivity contribution in [3.8, 4) is 22.7 Å². The average Bonchev–Trinajstić information content (AvgIpc) is 3.58. The lowest BCUT2D eigenvalue weighted by molar-refractivity contribution is 0.0600. The lowest BCUT2D eigenvalue weighted by Gasteiger charge is -2.21. The zero-order valence-corrected chi connectivity index (χ0v) is 26.0. The smallest absolute Gasteiger partial charge is 0.337 e. The summed E-state index contributed by atoms with van der Waals surface area (Å²) in [6, 6.07) is 15.4. The van der Waals surface area contributed by atoms with Gasteiger partial charge in [-0.3, -0.25) is 4.31 Å². The summed E-state index contributed by atoms with van der Waals surface area (Å²) in [5, 5.41) is 0. The number of ether oxygens (including phenoxy) is 2. The van der Waals surface area contributed by atoms with Crippen molar-refractivity contribution >= 4 is 38.6 Å². The number of carbonyl (C=O) groups excluding carboxylic acids is 1. The lowest BCUT2D eigenvalue weighted by atomic mass is 10.1. The average molecular weight is 664 g/mol. The van der Waals surface area contributed by atoms with Gasteiger partial charge in [-0.25, -0.2) is 22.2 Å². The quantitative estimate of drug-likeness (QED) is 0.189. The standard InChI is InChI=1S/C29H24BrF3N2O4S.C2H6/c1-17-4-6-27(23-12-19(30)5-7-28(23)39-16-24-25(32)13-20(31)14-26(24)33)35(17)22-11-18(29(36)38-2)10-21(15-22)34-8-3-9-40(34)37;1-2/h4-7,10-15H,3,8-9,16H2,1-2H3;1-2H3. The van der Waals surface area contributed by atoms with Crippen LogP contribution >= 0.6 is 15.9 Å². The van der Waals surface area contributed by atoms with E-state index in [1.54, 1.807) is 34.6 Å². The Morgan fingerprint density at radius 1 is 0.976 bits per heavy atom. The first-order valence-electron chi connectivity index (χ1n) is 13.3. The topological polar surface area (TPSA) is 60.8 Å². The Labute approximate surface area is 253 Å². The second kappa shape index (κ2) is 13.6. The van der Waals surface area contributed by atoms with Crippen molar-refractivity contribution in [1.82, 2.24) is 4.57 Å². The fourth-order valence-electron chi connectivity index (χ4n) is 4.67. The van der Waals surface area contributed by atoms with E-state index in [4.69, 9.17) is 9.47 Å². The first-order chi connectivity index (χ1) is 20.2. The van der Waals surface area contributed by atoms with E-state index in [2.05, 4.69) is 15.9 Å². The summed E-state index contributed by atoms with van der Waals surface area (Å²) in [6.07, 6.45) is 0.770. The second-order valence-electron chi connectivity index (χ2n) is 9.18. The number of aromatic nitrogens is 1. The maximum atomic E-state index is 14.3. The molecule has 222 valence electrons. The Bertz CT molecular complexity index is 1620. The van der Waals surface area contributed by atoms with Crippen LogP contribution in [0.3, 0.4) is 0 Å². The maximum Gasteiger partial charge on any atom is 0.337 e. The molecule has 11 heteroatoms. The van der Waals surface area contributed by atoms with Gasteiger partial charge in [-0.05, 0) is 61.9 Å². The first-order valence-corrected chi connectivity index (χ1v) is 15.4. The van der Waals surface area contributed by atoms with E-state index in [0.717, 1.165) is 16.6 Å². The molecule has 1 unspecified atom stereocenters. The van der Waals surface area contributed by atoms with Crippen LogP contribution in [0, 0.1) is 24.4 Å². The third-order valence-electron chi connectivity index (χ3n) is 6.57. The van der Waals surface area contributed by atoms with Gasteiger partial charge in [0, 0.05) is 45.8 Å². The fraction of sp³-hybridized carbons (Fsp3) is 0.258. The number of halogens is 4. The van der Waals surface area contributed by atoms with Crippen LogP contribution in [-0.2, 0) is 22.3 Å². The number of benzene rings is 3. The van der Waals surface area contributed by atoms with Crippen LogP contribution in [0.1, 0.15) is 41.9 Å². The highest BCUT2D eigenvalue weighted by Gasteiger charge is 2.24. The van der Waals surface area contributed by atoms with Crippen molar-refractivity contribution in [1.29, 1.82) is 0 Å². The largest absolute Gasteiger partial charge is 0.488 e. The van der Waals surface area contributed by atoms with Crippen molar-refractivity contribution < 1.29 is 31.6 Å². The molecule has 1 atom stereocenters. The molecular weight excluding hydrogens is 633 g/mol. The summed E-state index contributed by atoms with van der Waals surface area (Å²) >= 11 is 3.48. The summed E-state index contributed by atoms with van der Waals surface area (Å²) in [7, 11) is 0.0896. The molecule has 0 radical (unpaired) electrons. The Morgan fingerprint density at radius 3 is 2.31 bits per heavy atom. The Morgan fingerprint density at radius 2 is 1.67 bits per heavy atom. The zero-order chi connectivity index (χ0) is 30.6. The van der Waals surface area contributed by atoms with Gasteiger partial charge >= 0.3 is 5.97 Å². The highest BCUT2D eigenvalue weighted by atomic mass is 79.9. The first kappa shape index (κ1) is 31.4. The predicted octanol–water partition coefficient (Wildman–Crippen LogP) is 7.90. The monoisotopic (exact) mass is 662 g/mol. The molecule has 0 saturated carbocycles. The summed E-state index contributed by atoms with van der Waals surface area (Å²) in [5.41, 5.74) is 3.25. The number of hydrogen-bond donors (Lipinski definition) is 0. The van der Waals surface area contributed by atoms with Gasteiger partial charge in [0.2, 0.25) is 0 Å². The normalized spacial score (nSPS) is 14.4. The number of esters is 1. The van der Waals surface area contributed by atoms with Gasteiger partial charge < -0.3 is 14.0 Å². The number of aryl methyl sites for hydroxylation is 1. The second-order valence-corrected chi connectivity index (χ2v) is 11.6. The van der Waals surface area contributed by atoms with Gasteiger partial charge in [-0.15, -0.1) is 0 Å². The minimum atomic E-state index is -1.21. The van der Waals surface area contributed by atoms with Crippen LogP contribution in [-0.4, -0.2) is 34.2 Å². The number of anilines is 1. The number of nitrogens with zero attached hydrogens (tertiary/aromatic N) is 2. The molecule has 0 aliphatic carbocycles. The summed E-state index contributed by atoms with van der Waals surface area (Å²) in [5.74, 6) is -2.75. The Kier molecular flexibility index (Phi) is 10.2. The lowest BCUT2D eigenvalue weighted by Crippen LogP contribution is -2.20. The Balaban J connectivity index is 0.00000198. The van der Waals surface area contributed by atoms with Gasteiger partial charge in [-0.1, -0.05) is 29.8 Å². The van der Waals surface area contributed by atoms with Gasteiger partial charge in [-0.2, -0.15) is 0 Å². The zero-order valence-electron chi connectivity index (χ0n) is 23.5. The van der Waals surface area contributed by atoms with Crippen molar-refractivity contribution in [2.24, 2.45) is 0 Å². The molecule has 1 aliphatic heterocycles. The third kappa shape index (κ3) is 6.57. The molecule has 1 aliphatic rings. The molecule has 1 saturated heterocycles. The number of rotatable bonds is 7. The predicted molar refractivity (Wildman–Crippen MR) is 162 cm³/mol. The van der Waals surface area contributed by atoms with Crippen LogP contribution in [0.5, 0.6) is 5.75 Å². The number of hydrogen-bond acceptors (Lipinski definition) is 4. The van der Waals surface area contributed by atoms with Crippen LogP contribution in [0.4, 0.5) is 18.9 Å². The van der Waals surface area contributed by atoms with E-state index in [1.165, 1.54) is 7.11 Å². The van der Waals surface area contributed by atoms with Gasteiger partial charge in [0.25, 0.3) is 0 Å². The van der Waals surface area contributed by atoms with E-state index < -0.39 is 46.6 Å². The van der Waals surface area contributed by atoms with Crippen molar-refractivity contribution in [2.75, 3.05) is 23.7 Å². The van der Waals surface area contributed by atoms with E-state index >= 15 is 0 Å². The molecule has 0 amide bonds. The van der Waals surface area contributed by atoms with Gasteiger partial charge in [0.05, 0.1) is 29.6 Å². The van der Waals surface area contributed by atoms with E-state index in [1.807, 2.05) is 43.5 Å². The molecule has 6 nitrogen and oxygen atoms in total. The SMILES string of the molecule is CC.COC(=O)c1cc(N2CCCS2=O)cc(-n2c(C)ccc2-c2cc(Br)ccc2OCc2c(F)cc(F)cc2F)c1. The summed E-state index contributed by atoms with van der Waals surface area (Å²) in [6.45, 7) is 6.02. The molecule has 0 spiro atoms. The summed E-state index contributed by atoms with van der Waals surface area (Å²) < 4.78 is 69.8. The molecule has 0 bridgehead atoms. The molecule has 0 N–H and O–H groups in total. The molecular formula is C31H30BrF3N2O4S. The number of carbonyl (C=O) groups is 1. The highest BCUT2D eigenvalue weighted by Crippen LogP contribution is 2.37. The molecule has 1 fully saturated rings. The number of methoxy groups -OCH3 is 1. The third-order valence-corrected chi connectivity index (χ3v) is 8.58. The van der Waals surface area contributed by atoms with Gasteiger partial charge in [0.15, 0.2) is 0 Å². The fourth-order valence-corrected chi connectivity index (χ4v) is 6.30. The van der Waals surface area contributed by atoms with Crippen molar-refractivity contribution in [3.63, 3.8) is 0 Å². The van der Waals surface area contributed by atoms with Crippen LogP contribution in [0.15, 0.2) is 65.1 Å². The van der Waals surface area contributed by atoms with Gasteiger partial charge in [0.1, 0.15) is 40.8 Å². The minimum absolute atomic E-state index is 0.297. The maximum absolute atomic E-state index is 14.3. The molecule has 1 aromatic heterocycles. The van der Waals surface area contributed by atoms with Crippen molar-refractivity contribution in [3.05, 3.63) is 99.4 Å². The van der Waals surface area contributed by atoms with E-state index in [9.17, 15) is 22.2 Å². The molecule has 42 heavy (non-hydrogen) atoms. The minimum Gasteiger partial charge on any atom is -0.488 e. The van der Waals surface area contributed by atoms with E-state index in [0.29, 0.717) is 58.4 Å². The molecule has 4 aromatic rings.